The van der Waals surface area contributed by atoms with E-state index in [1.165, 1.54) is 0 Å². The van der Waals surface area contributed by atoms with Crippen molar-refractivity contribution in [1.29, 1.82) is 0 Å². The van der Waals surface area contributed by atoms with E-state index in [1.54, 1.807) is 0 Å². The van der Waals surface area contributed by atoms with Gasteiger partial charge in [-0.25, -0.2) is 4.68 Å². The van der Waals surface area contributed by atoms with Crippen LogP contribution in [-0.2, 0) is 6.42 Å². The Morgan fingerprint density at radius 2 is 2.22 bits per heavy atom. The Hall–Kier alpha value is -0.840. The van der Waals surface area contributed by atoms with E-state index in [2.05, 4.69) is 26.3 Å². The van der Waals surface area contributed by atoms with Crippen molar-refractivity contribution >= 4 is 27.5 Å². The van der Waals surface area contributed by atoms with E-state index >= 15 is 0 Å². The van der Waals surface area contributed by atoms with Gasteiger partial charge in [0.15, 0.2) is 0 Å². The zero-order chi connectivity index (χ0) is 13.1. The Balaban J connectivity index is 2.30. The summed E-state index contributed by atoms with van der Waals surface area (Å²) in [5.41, 5.74) is 3.09. The highest BCUT2D eigenvalue weighted by molar-refractivity contribution is 9.10. The third kappa shape index (κ3) is 2.94. The zero-order valence-corrected chi connectivity index (χ0v) is 12.7. The van der Waals surface area contributed by atoms with Crippen molar-refractivity contribution in [2.24, 2.45) is 0 Å². The van der Waals surface area contributed by atoms with Gasteiger partial charge >= 0.3 is 0 Å². The lowest BCUT2D eigenvalue weighted by molar-refractivity contribution is 0.753. The molecule has 0 aliphatic rings. The molecule has 0 fully saturated rings. The van der Waals surface area contributed by atoms with Crippen LogP contribution in [0.15, 0.2) is 28.9 Å². The first-order valence-corrected chi connectivity index (χ1v) is 6.94. The molecule has 2 rings (SSSR count). The normalized spacial score (nSPS) is 10.9. The second-order valence-corrected chi connectivity index (χ2v) is 5.42. The summed E-state index contributed by atoms with van der Waals surface area (Å²) < 4.78 is 2.87. The predicted octanol–water partition coefficient (Wildman–Crippen LogP) is 3.36. The van der Waals surface area contributed by atoms with Gasteiger partial charge in [0.2, 0.25) is 0 Å². The second kappa shape index (κ2) is 5.87. The number of halogens is 2. The minimum absolute atomic E-state index is 0.760. The lowest BCUT2D eigenvalue weighted by atomic mass is 10.2. The van der Waals surface area contributed by atoms with E-state index in [0.717, 1.165) is 39.4 Å². The summed E-state index contributed by atoms with van der Waals surface area (Å²) >= 11 is 9.66. The molecule has 0 amide bonds. The van der Waals surface area contributed by atoms with Gasteiger partial charge in [-0.05, 0) is 47.6 Å². The first-order chi connectivity index (χ1) is 8.61. The van der Waals surface area contributed by atoms with Gasteiger partial charge in [0, 0.05) is 24.2 Å². The van der Waals surface area contributed by atoms with Gasteiger partial charge in [-0.1, -0.05) is 17.7 Å². The number of nitrogens with zero attached hydrogens (tertiary/aromatic N) is 2. The fourth-order valence-electron chi connectivity index (χ4n) is 1.66. The minimum Gasteiger partial charge on any atom is -0.319 e. The number of aromatic nitrogens is 2. The van der Waals surface area contributed by atoms with E-state index in [-0.39, 0.29) is 0 Å². The SMILES string of the molecule is CNCCc1nn(-c2ccc(C)c(Cl)c2)cc1Br. The van der Waals surface area contributed by atoms with Gasteiger partial charge in [0.1, 0.15) is 0 Å². The molecule has 1 aromatic carbocycles. The van der Waals surface area contributed by atoms with Crippen LogP contribution in [0.1, 0.15) is 11.3 Å². The molecule has 5 heteroatoms. The Morgan fingerprint density at radius 1 is 1.44 bits per heavy atom. The molecule has 96 valence electrons. The number of rotatable bonds is 4. The van der Waals surface area contributed by atoms with E-state index < -0.39 is 0 Å². The number of hydrogen-bond donors (Lipinski definition) is 1. The number of nitrogens with one attached hydrogen (secondary N) is 1. The van der Waals surface area contributed by atoms with E-state index in [9.17, 15) is 0 Å². The summed E-state index contributed by atoms with van der Waals surface area (Å²) in [7, 11) is 1.94. The summed E-state index contributed by atoms with van der Waals surface area (Å²) in [6.07, 6.45) is 2.86. The molecule has 18 heavy (non-hydrogen) atoms. The van der Waals surface area contributed by atoms with Crippen molar-refractivity contribution in [3.8, 4) is 5.69 Å². The van der Waals surface area contributed by atoms with Crippen LogP contribution in [0.5, 0.6) is 0 Å². The maximum absolute atomic E-state index is 6.13. The standard InChI is InChI=1S/C13H15BrClN3/c1-9-3-4-10(7-12(9)15)18-8-11(14)13(17-18)5-6-16-2/h3-4,7-8,16H,5-6H2,1-2H3. The molecule has 0 unspecified atom stereocenters. The van der Waals surface area contributed by atoms with Gasteiger partial charge in [0.05, 0.1) is 15.9 Å². The Bertz CT molecular complexity index is 551. The summed E-state index contributed by atoms with van der Waals surface area (Å²) in [6, 6.07) is 5.95. The van der Waals surface area contributed by atoms with E-state index in [1.807, 2.05) is 43.0 Å². The third-order valence-electron chi connectivity index (χ3n) is 2.77. The lowest BCUT2D eigenvalue weighted by Crippen LogP contribution is -2.11. The van der Waals surface area contributed by atoms with E-state index in [4.69, 9.17) is 11.6 Å². The fourth-order valence-corrected chi connectivity index (χ4v) is 2.30. The molecule has 3 nitrogen and oxygen atoms in total. The molecular weight excluding hydrogens is 314 g/mol. The van der Waals surface area contributed by atoms with Crippen molar-refractivity contribution in [2.45, 2.75) is 13.3 Å². The summed E-state index contributed by atoms with van der Waals surface area (Å²) in [6.45, 7) is 2.90. The molecular formula is C13H15BrClN3. The van der Waals surface area contributed by atoms with Crippen LogP contribution in [0.3, 0.4) is 0 Å². The highest BCUT2D eigenvalue weighted by Gasteiger charge is 2.08. The topological polar surface area (TPSA) is 29.9 Å². The van der Waals surface area contributed by atoms with Crippen LogP contribution in [0.2, 0.25) is 5.02 Å². The Kier molecular flexibility index (Phi) is 4.43. The number of aryl methyl sites for hydroxylation is 1. The van der Waals surface area contributed by atoms with Crippen LogP contribution >= 0.6 is 27.5 Å². The van der Waals surface area contributed by atoms with Crippen LogP contribution in [0, 0.1) is 6.92 Å². The molecule has 0 bridgehead atoms. The number of benzene rings is 1. The smallest absolute Gasteiger partial charge is 0.0783 e. The molecule has 0 aliphatic heterocycles. The fraction of sp³-hybridized carbons (Fsp3) is 0.308. The maximum Gasteiger partial charge on any atom is 0.0783 e. The van der Waals surface area contributed by atoms with Crippen molar-refractivity contribution in [3.05, 3.63) is 45.1 Å². The van der Waals surface area contributed by atoms with Gasteiger partial charge in [-0.2, -0.15) is 5.10 Å². The second-order valence-electron chi connectivity index (χ2n) is 4.16. The molecule has 0 aliphatic carbocycles. The van der Waals surface area contributed by atoms with Gasteiger partial charge in [-0.3, -0.25) is 0 Å². The summed E-state index contributed by atoms with van der Waals surface area (Å²) in [5, 5.41) is 8.44. The molecule has 0 saturated carbocycles. The number of hydrogen-bond acceptors (Lipinski definition) is 2. The Labute approximate surface area is 120 Å². The van der Waals surface area contributed by atoms with Crippen molar-refractivity contribution in [1.82, 2.24) is 15.1 Å². The zero-order valence-electron chi connectivity index (χ0n) is 10.4. The molecule has 2 aromatic rings. The van der Waals surface area contributed by atoms with Crippen molar-refractivity contribution in [3.63, 3.8) is 0 Å². The van der Waals surface area contributed by atoms with E-state index in [0.29, 0.717) is 0 Å². The first-order valence-electron chi connectivity index (χ1n) is 5.77. The van der Waals surface area contributed by atoms with Crippen LogP contribution in [0.4, 0.5) is 0 Å². The van der Waals surface area contributed by atoms with Crippen LogP contribution < -0.4 is 5.32 Å². The molecule has 1 aromatic heterocycles. The number of likely N-dealkylation sites (N-methyl/N-ethyl adjacent to an activating group) is 1. The van der Waals surface area contributed by atoms with Crippen LogP contribution in [0.25, 0.3) is 5.69 Å². The first kappa shape index (κ1) is 13.6. The third-order valence-corrected chi connectivity index (χ3v) is 3.84. The molecule has 1 heterocycles. The average molecular weight is 329 g/mol. The predicted molar refractivity (Wildman–Crippen MR) is 78.6 cm³/mol. The van der Waals surface area contributed by atoms with Gasteiger partial charge < -0.3 is 5.32 Å². The highest BCUT2D eigenvalue weighted by atomic mass is 79.9. The molecule has 0 atom stereocenters. The minimum atomic E-state index is 0.760. The van der Waals surface area contributed by atoms with Crippen molar-refractivity contribution < 1.29 is 0 Å². The van der Waals surface area contributed by atoms with Crippen molar-refractivity contribution in [2.75, 3.05) is 13.6 Å². The molecule has 0 saturated heterocycles. The maximum atomic E-state index is 6.13. The summed E-state index contributed by atoms with van der Waals surface area (Å²) in [5.74, 6) is 0. The molecule has 1 N–H and O–H groups in total. The quantitative estimate of drug-likeness (QED) is 0.932. The average Bonchev–Trinajstić information content (AvgIpc) is 2.72. The monoisotopic (exact) mass is 327 g/mol. The largest absolute Gasteiger partial charge is 0.319 e. The molecule has 0 radical (unpaired) electrons. The van der Waals surface area contributed by atoms with Gasteiger partial charge in [-0.15, -0.1) is 0 Å². The van der Waals surface area contributed by atoms with Crippen LogP contribution in [-0.4, -0.2) is 23.4 Å². The summed E-state index contributed by atoms with van der Waals surface area (Å²) in [4.78, 5) is 0. The van der Waals surface area contributed by atoms with Gasteiger partial charge in [0.25, 0.3) is 0 Å². The highest BCUT2D eigenvalue weighted by Crippen LogP contribution is 2.22. The molecule has 0 spiro atoms. The Morgan fingerprint density at radius 3 is 2.89 bits per heavy atom. The lowest BCUT2D eigenvalue weighted by Gasteiger charge is -2.03.